The molecule has 2 nitrogen and oxygen atoms in total. The van der Waals surface area contributed by atoms with E-state index in [0.29, 0.717) is 6.41 Å². The molecule has 0 saturated heterocycles. The molecular weight excluding hydrogens is 126 g/mol. The molecular formula is C8H9NO. The first kappa shape index (κ1) is 5.47. The number of benzene rings is 1. The van der Waals surface area contributed by atoms with Crippen molar-refractivity contribution in [3.63, 3.8) is 0 Å². The van der Waals surface area contributed by atoms with Crippen LogP contribution < -0.4 is 5.32 Å². The van der Waals surface area contributed by atoms with Crippen LogP contribution in [0.3, 0.4) is 0 Å². The van der Waals surface area contributed by atoms with Crippen LogP contribution in [0.1, 0.15) is 6.93 Å². The molecule has 1 unspecified atom stereocenters. The Morgan fingerprint density at radius 3 is 2.80 bits per heavy atom. The summed E-state index contributed by atoms with van der Waals surface area (Å²) >= 11 is 0. The van der Waals surface area contributed by atoms with E-state index in [0.717, 1.165) is 5.56 Å². The molecule has 1 N–H and O–H groups in total. The first-order chi connectivity index (χ1) is 5.34. The maximum absolute atomic E-state index is 9.96. The van der Waals surface area contributed by atoms with Crippen LogP contribution in [0, 0.1) is 0 Å². The van der Waals surface area contributed by atoms with Crippen molar-refractivity contribution in [1.29, 1.82) is 0 Å². The van der Waals surface area contributed by atoms with Crippen molar-refractivity contribution in [2.45, 2.75) is 6.52 Å². The summed E-state index contributed by atoms with van der Waals surface area (Å²) in [6.45, 7) is -0.645. The van der Waals surface area contributed by atoms with Gasteiger partial charge in [0.25, 0.3) is 0 Å². The molecule has 0 bridgehead atoms. The Kier molecular flexibility index (Phi) is 2.01. The highest BCUT2D eigenvalue weighted by molar-refractivity contribution is 5.46. The van der Waals surface area contributed by atoms with Crippen LogP contribution in [0.5, 0.6) is 0 Å². The van der Waals surface area contributed by atoms with E-state index in [2.05, 4.69) is 5.32 Å². The van der Waals surface area contributed by atoms with Crippen molar-refractivity contribution in [1.82, 2.24) is 5.32 Å². The Hall–Kier alpha value is -1.31. The van der Waals surface area contributed by atoms with Gasteiger partial charge in [0.05, 0.1) is 1.37 Å². The van der Waals surface area contributed by atoms with E-state index in [1.807, 2.05) is 18.2 Å². The zero-order chi connectivity index (χ0) is 8.10. The third kappa shape index (κ3) is 1.90. The van der Waals surface area contributed by atoms with Crippen LogP contribution >= 0.6 is 0 Å². The van der Waals surface area contributed by atoms with Gasteiger partial charge in [-0.15, -0.1) is 0 Å². The molecule has 0 aliphatic heterocycles. The van der Waals surface area contributed by atoms with Gasteiger partial charge in [0.15, 0.2) is 0 Å². The second kappa shape index (κ2) is 3.67. The predicted molar refractivity (Wildman–Crippen MR) is 39.3 cm³/mol. The summed E-state index contributed by atoms with van der Waals surface area (Å²) in [4.78, 5) is 9.96. The summed E-state index contributed by atoms with van der Waals surface area (Å²) in [6, 6.07) is 9.15. The number of carbonyl (C=O) groups is 1. The zero-order valence-corrected chi connectivity index (χ0v) is 5.45. The maximum Gasteiger partial charge on any atom is 0.207 e. The van der Waals surface area contributed by atoms with Gasteiger partial charge in [0, 0.05) is 6.52 Å². The van der Waals surface area contributed by atoms with E-state index in [-0.39, 0.29) is 0 Å². The number of rotatable bonds is 3. The minimum atomic E-state index is -0.645. The van der Waals surface area contributed by atoms with E-state index in [1.54, 1.807) is 12.1 Å². The minimum Gasteiger partial charge on any atom is -0.355 e. The van der Waals surface area contributed by atoms with Gasteiger partial charge in [-0.2, -0.15) is 0 Å². The Labute approximate surface area is 61.3 Å². The summed E-state index contributed by atoms with van der Waals surface area (Å²) in [5.41, 5.74) is 0.791. The second-order valence-electron chi connectivity index (χ2n) is 1.84. The monoisotopic (exact) mass is 136 g/mol. The molecule has 1 amide bonds. The third-order valence-electron chi connectivity index (χ3n) is 1.12. The van der Waals surface area contributed by atoms with Gasteiger partial charge in [-0.3, -0.25) is 4.79 Å². The van der Waals surface area contributed by atoms with Gasteiger partial charge in [-0.25, -0.2) is 0 Å². The van der Waals surface area contributed by atoms with E-state index < -0.39 is 6.52 Å². The largest absolute Gasteiger partial charge is 0.355 e. The molecule has 2 heteroatoms. The molecule has 0 aromatic heterocycles. The van der Waals surface area contributed by atoms with Gasteiger partial charge in [0.1, 0.15) is 0 Å². The number of carbonyl (C=O) groups excluding carboxylic acids is 1. The van der Waals surface area contributed by atoms with E-state index >= 15 is 0 Å². The standard InChI is InChI=1S/C8H9NO/c10-7-9-6-8-4-2-1-3-5-8/h1-5,7H,6H2,(H,9,10)/i6D. The van der Waals surface area contributed by atoms with Crippen LogP contribution in [0.15, 0.2) is 30.3 Å². The van der Waals surface area contributed by atoms with Gasteiger partial charge in [-0.1, -0.05) is 30.3 Å². The fourth-order valence-electron chi connectivity index (χ4n) is 0.680. The lowest BCUT2D eigenvalue weighted by atomic mass is 10.2. The highest BCUT2D eigenvalue weighted by Gasteiger charge is 1.85. The van der Waals surface area contributed by atoms with E-state index in [9.17, 15) is 4.79 Å². The molecule has 1 rings (SSSR count). The first-order valence-electron chi connectivity index (χ1n) is 3.59. The summed E-state index contributed by atoms with van der Waals surface area (Å²) in [6.07, 6.45) is 0.532. The molecule has 0 heterocycles. The normalized spacial score (nSPS) is 13.4. The van der Waals surface area contributed by atoms with Crippen LogP contribution in [0.4, 0.5) is 0 Å². The lowest BCUT2D eigenvalue weighted by Crippen LogP contribution is -2.09. The zero-order valence-electron chi connectivity index (χ0n) is 6.45. The minimum absolute atomic E-state index is 0.532. The van der Waals surface area contributed by atoms with E-state index in [4.69, 9.17) is 1.37 Å². The molecule has 52 valence electrons. The lowest BCUT2D eigenvalue weighted by molar-refractivity contribution is -0.109. The molecule has 1 aromatic carbocycles. The van der Waals surface area contributed by atoms with Crippen LogP contribution in [0.25, 0.3) is 0 Å². The molecule has 1 aromatic rings. The topological polar surface area (TPSA) is 29.1 Å². The molecule has 0 aliphatic carbocycles. The molecule has 10 heavy (non-hydrogen) atoms. The quantitative estimate of drug-likeness (QED) is 0.615. The number of nitrogens with one attached hydrogen (secondary N) is 1. The molecule has 0 aliphatic rings. The Bertz CT molecular complexity index is 225. The van der Waals surface area contributed by atoms with Gasteiger partial charge < -0.3 is 5.32 Å². The maximum atomic E-state index is 9.96. The Balaban J connectivity index is 2.68. The average molecular weight is 136 g/mol. The van der Waals surface area contributed by atoms with Gasteiger partial charge in [0.2, 0.25) is 6.41 Å². The Morgan fingerprint density at radius 1 is 1.50 bits per heavy atom. The van der Waals surface area contributed by atoms with Crippen molar-refractivity contribution >= 4 is 6.41 Å². The molecule has 0 radical (unpaired) electrons. The smallest absolute Gasteiger partial charge is 0.207 e. The van der Waals surface area contributed by atoms with E-state index in [1.165, 1.54) is 0 Å². The highest BCUT2D eigenvalue weighted by Crippen LogP contribution is 1.95. The fraction of sp³-hybridized carbons (Fsp3) is 0.125. The van der Waals surface area contributed by atoms with Crippen molar-refractivity contribution in [3.05, 3.63) is 35.9 Å². The van der Waals surface area contributed by atoms with Crippen LogP contribution in [-0.2, 0) is 11.3 Å². The lowest BCUT2D eigenvalue weighted by Gasteiger charge is -1.96. The van der Waals surface area contributed by atoms with Crippen LogP contribution in [-0.4, -0.2) is 6.41 Å². The second-order valence-corrected chi connectivity index (χ2v) is 1.84. The Morgan fingerprint density at radius 2 is 2.20 bits per heavy atom. The summed E-state index contributed by atoms with van der Waals surface area (Å²) in [7, 11) is 0. The van der Waals surface area contributed by atoms with Gasteiger partial charge in [-0.05, 0) is 5.56 Å². The van der Waals surface area contributed by atoms with Crippen molar-refractivity contribution < 1.29 is 6.17 Å². The molecule has 1 atom stereocenters. The summed E-state index contributed by atoms with van der Waals surface area (Å²) in [5.74, 6) is 0. The van der Waals surface area contributed by atoms with Crippen molar-refractivity contribution in [3.8, 4) is 0 Å². The molecule has 0 spiro atoms. The number of hydrogen-bond acceptors (Lipinski definition) is 1. The molecule has 0 fully saturated rings. The van der Waals surface area contributed by atoms with Gasteiger partial charge >= 0.3 is 0 Å². The summed E-state index contributed by atoms with van der Waals surface area (Å²) < 4.78 is 7.37. The van der Waals surface area contributed by atoms with Crippen molar-refractivity contribution in [2.75, 3.05) is 0 Å². The predicted octanol–water partition coefficient (Wildman–Crippen LogP) is 0.933. The summed E-state index contributed by atoms with van der Waals surface area (Å²) in [5, 5.41) is 2.35. The highest BCUT2D eigenvalue weighted by atomic mass is 16.1. The molecule has 0 saturated carbocycles. The van der Waals surface area contributed by atoms with Crippen molar-refractivity contribution in [2.24, 2.45) is 0 Å². The SMILES string of the molecule is [2H]C(NC=O)c1ccccc1. The van der Waals surface area contributed by atoms with Crippen LogP contribution in [0.2, 0.25) is 0 Å². The number of hydrogen-bond donors (Lipinski definition) is 1. The third-order valence-corrected chi connectivity index (χ3v) is 1.12. The average Bonchev–Trinajstić information content (AvgIpc) is 2.07. The number of amides is 1. The first-order valence-corrected chi connectivity index (χ1v) is 3.01. The fourth-order valence-corrected chi connectivity index (χ4v) is 0.680.